The molecule has 0 N–H and O–H groups in total. The van der Waals surface area contributed by atoms with Crippen LogP contribution in [0.25, 0.3) is 0 Å². The smallest absolute Gasteiger partial charge is 0.166 e. The number of carbonyl (C=O) groups is 1. The summed E-state index contributed by atoms with van der Waals surface area (Å²) >= 11 is 0. The third-order valence-electron chi connectivity index (χ3n) is 3.03. The molecule has 0 saturated carbocycles. The largest absolute Gasteiger partial charge is 0.294 e. The minimum Gasteiger partial charge on any atom is -0.294 e. The van der Waals surface area contributed by atoms with E-state index in [1.807, 2.05) is 0 Å². The fourth-order valence-corrected chi connectivity index (χ4v) is 3.98. The Morgan fingerprint density at radius 2 is 2.06 bits per heavy atom. The molecule has 6 heteroatoms. The van der Waals surface area contributed by atoms with Gasteiger partial charge in [0.05, 0.1) is 17.1 Å². The molecule has 0 radical (unpaired) electrons. The van der Waals surface area contributed by atoms with Gasteiger partial charge in [0.25, 0.3) is 0 Å². The summed E-state index contributed by atoms with van der Waals surface area (Å²) in [6, 6.07) is 2.68. The van der Waals surface area contributed by atoms with Crippen LogP contribution >= 0.6 is 0 Å². The van der Waals surface area contributed by atoms with E-state index in [-0.39, 0.29) is 29.4 Å². The molecule has 2 rings (SSSR count). The van der Waals surface area contributed by atoms with Crippen molar-refractivity contribution in [2.75, 3.05) is 11.5 Å². The van der Waals surface area contributed by atoms with Crippen molar-refractivity contribution in [2.45, 2.75) is 12.8 Å². The highest BCUT2D eigenvalue weighted by Gasteiger charge is 2.30. The van der Waals surface area contributed by atoms with Crippen molar-refractivity contribution in [3.05, 3.63) is 35.4 Å². The van der Waals surface area contributed by atoms with Gasteiger partial charge in [-0.25, -0.2) is 17.2 Å². The Labute approximate surface area is 104 Å². The molecule has 1 aliphatic heterocycles. The van der Waals surface area contributed by atoms with Gasteiger partial charge in [-0.3, -0.25) is 4.79 Å². The van der Waals surface area contributed by atoms with E-state index in [1.54, 1.807) is 0 Å². The molecule has 0 aromatic heterocycles. The summed E-state index contributed by atoms with van der Waals surface area (Å²) in [4.78, 5) is 11.8. The Balaban J connectivity index is 2.11. The third-order valence-corrected chi connectivity index (χ3v) is 4.87. The highest BCUT2D eigenvalue weighted by Crippen LogP contribution is 2.24. The van der Waals surface area contributed by atoms with Crippen LogP contribution in [0.1, 0.15) is 23.2 Å². The molecule has 1 heterocycles. The summed E-state index contributed by atoms with van der Waals surface area (Å²) in [5.74, 6) is -2.27. The maximum atomic E-state index is 13.3. The lowest BCUT2D eigenvalue weighted by molar-refractivity contribution is 0.0961. The van der Waals surface area contributed by atoms with Gasteiger partial charge in [0.1, 0.15) is 11.6 Å². The van der Waals surface area contributed by atoms with Crippen LogP contribution in [0.3, 0.4) is 0 Å². The Morgan fingerprint density at radius 1 is 1.33 bits per heavy atom. The van der Waals surface area contributed by atoms with Gasteiger partial charge in [0.15, 0.2) is 15.6 Å². The summed E-state index contributed by atoms with van der Waals surface area (Å²) in [7, 11) is -3.06. The number of halogens is 2. The normalized spacial score (nSPS) is 22.0. The van der Waals surface area contributed by atoms with E-state index < -0.39 is 27.3 Å². The number of Topliss-reactive ketones (excluding diaryl/α,β-unsaturated/α-hetero) is 1. The van der Waals surface area contributed by atoms with Crippen LogP contribution in [-0.2, 0) is 9.84 Å². The molecule has 1 atom stereocenters. The highest BCUT2D eigenvalue weighted by atomic mass is 32.2. The minimum absolute atomic E-state index is 0.0460. The van der Waals surface area contributed by atoms with Gasteiger partial charge in [-0.2, -0.15) is 0 Å². The summed E-state index contributed by atoms with van der Waals surface area (Å²) < 4.78 is 48.7. The maximum Gasteiger partial charge on any atom is 0.166 e. The van der Waals surface area contributed by atoms with Gasteiger partial charge >= 0.3 is 0 Å². The van der Waals surface area contributed by atoms with Crippen LogP contribution in [0.4, 0.5) is 8.78 Å². The molecule has 1 aliphatic rings. The van der Waals surface area contributed by atoms with Gasteiger partial charge < -0.3 is 0 Å². The van der Waals surface area contributed by atoms with E-state index >= 15 is 0 Å². The van der Waals surface area contributed by atoms with Crippen molar-refractivity contribution < 1.29 is 22.0 Å². The van der Waals surface area contributed by atoms with Crippen LogP contribution < -0.4 is 0 Å². The predicted octanol–water partition coefficient (Wildman–Crippen LogP) is 1.97. The van der Waals surface area contributed by atoms with Crippen molar-refractivity contribution in [3.63, 3.8) is 0 Å². The molecule has 0 amide bonds. The number of sulfone groups is 1. The lowest BCUT2D eigenvalue weighted by Gasteiger charge is -2.07. The average molecular weight is 274 g/mol. The molecule has 0 bridgehead atoms. The summed E-state index contributed by atoms with van der Waals surface area (Å²) in [6.45, 7) is 0. The average Bonchev–Trinajstić information content (AvgIpc) is 2.61. The molecule has 1 fully saturated rings. The zero-order chi connectivity index (χ0) is 13.3. The van der Waals surface area contributed by atoms with Crippen LogP contribution in [0.5, 0.6) is 0 Å². The van der Waals surface area contributed by atoms with Gasteiger partial charge in [-0.1, -0.05) is 0 Å². The molecule has 3 nitrogen and oxygen atoms in total. The molecular formula is C12H12F2O3S. The van der Waals surface area contributed by atoms with Crippen LogP contribution in [0.15, 0.2) is 18.2 Å². The number of benzene rings is 1. The van der Waals surface area contributed by atoms with E-state index in [9.17, 15) is 22.0 Å². The molecule has 1 aromatic rings. The van der Waals surface area contributed by atoms with E-state index in [4.69, 9.17) is 0 Å². The predicted molar refractivity (Wildman–Crippen MR) is 62.1 cm³/mol. The number of hydrogen-bond donors (Lipinski definition) is 0. The standard InChI is InChI=1S/C12H12F2O3S/c13-9-1-2-11(14)10(6-9)12(15)5-8-3-4-18(16,17)7-8/h1-2,6,8H,3-5,7H2. The van der Waals surface area contributed by atoms with Gasteiger partial charge in [-0.15, -0.1) is 0 Å². The zero-order valence-corrected chi connectivity index (χ0v) is 10.3. The topological polar surface area (TPSA) is 51.2 Å². The van der Waals surface area contributed by atoms with Crippen molar-refractivity contribution in [3.8, 4) is 0 Å². The highest BCUT2D eigenvalue weighted by molar-refractivity contribution is 7.91. The monoisotopic (exact) mass is 274 g/mol. The van der Waals surface area contributed by atoms with E-state index in [0.29, 0.717) is 6.42 Å². The molecule has 1 unspecified atom stereocenters. The second-order valence-corrected chi connectivity index (χ2v) is 6.75. The summed E-state index contributed by atoms with van der Waals surface area (Å²) in [5.41, 5.74) is -0.306. The zero-order valence-electron chi connectivity index (χ0n) is 9.53. The summed E-state index contributed by atoms with van der Waals surface area (Å²) in [6.07, 6.45) is 0.352. The van der Waals surface area contributed by atoms with Crippen molar-refractivity contribution >= 4 is 15.6 Å². The fourth-order valence-electron chi connectivity index (χ4n) is 2.12. The Morgan fingerprint density at radius 3 is 2.67 bits per heavy atom. The molecule has 1 saturated heterocycles. The maximum absolute atomic E-state index is 13.3. The number of ketones is 1. The van der Waals surface area contributed by atoms with Crippen molar-refractivity contribution in [2.24, 2.45) is 5.92 Å². The van der Waals surface area contributed by atoms with Crippen LogP contribution in [0.2, 0.25) is 0 Å². The molecule has 98 valence electrons. The quantitative estimate of drug-likeness (QED) is 0.792. The van der Waals surface area contributed by atoms with Crippen LogP contribution in [0, 0.1) is 17.6 Å². The lowest BCUT2D eigenvalue weighted by Crippen LogP contribution is -2.12. The van der Waals surface area contributed by atoms with E-state index in [0.717, 1.165) is 18.2 Å². The van der Waals surface area contributed by atoms with Crippen molar-refractivity contribution in [1.82, 2.24) is 0 Å². The van der Waals surface area contributed by atoms with Gasteiger partial charge in [-0.05, 0) is 30.5 Å². The van der Waals surface area contributed by atoms with Crippen molar-refractivity contribution in [1.29, 1.82) is 0 Å². The first-order valence-electron chi connectivity index (χ1n) is 5.56. The van der Waals surface area contributed by atoms with Gasteiger partial charge in [0, 0.05) is 6.42 Å². The Kier molecular flexibility index (Phi) is 3.47. The first kappa shape index (κ1) is 13.1. The number of carbonyl (C=O) groups excluding carboxylic acids is 1. The minimum atomic E-state index is -3.06. The van der Waals surface area contributed by atoms with E-state index in [2.05, 4.69) is 0 Å². The fraction of sp³-hybridized carbons (Fsp3) is 0.417. The first-order chi connectivity index (χ1) is 8.37. The molecular weight excluding hydrogens is 262 g/mol. The van der Waals surface area contributed by atoms with Gasteiger partial charge in [0.2, 0.25) is 0 Å². The first-order valence-corrected chi connectivity index (χ1v) is 7.38. The Bertz CT molecular complexity index is 581. The molecule has 0 spiro atoms. The van der Waals surface area contributed by atoms with Crippen LogP contribution in [-0.4, -0.2) is 25.7 Å². The molecule has 18 heavy (non-hydrogen) atoms. The number of rotatable bonds is 3. The SMILES string of the molecule is O=C(CC1CCS(=O)(=O)C1)c1cc(F)ccc1F. The third kappa shape index (κ3) is 2.93. The molecule has 0 aliphatic carbocycles. The second kappa shape index (κ2) is 4.76. The lowest BCUT2D eigenvalue weighted by atomic mass is 9.97. The Hall–Kier alpha value is -1.30. The second-order valence-electron chi connectivity index (χ2n) is 4.52. The number of hydrogen-bond acceptors (Lipinski definition) is 3. The summed E-state index contributed by atoms with van der Waals surface area (Å²) in [5, 5.41) is 0. The van der Waals surface area contributed by atoms with E-state index in [1.165, 1.54) is 0 Å². The molecule has 1 aromatic carbocycles.